The smallest absolute Gasteiger partial charge is 0.122 e. The molecule has 0 fully saturated rings. The van der Waals surface area contributed by atoms with Gasteiger partial charge in [0.2, 0.25) is 0 Å². The second-order valence-corrected chi connectivity index (χ2v) is 4.27. The third kappa shape index (κ3) is 2.63. The van der Waals surface area contributed by atoms with Gasteiger partial charge in [0.15, 0.2) is 0 Å². The van der Waals surface area contributed by atoms with Crippen molar-refractivity contribution in [3.05, 3.63) is 52.4 Å². The summed E-state index contributed by atoms with van der Waals surface area (Å²) in [6, 6.07) is 10.1. The molecule has 0 saturated heterocycles. The Morgan fingerprint density at radius 3 is 2.87 bits per heavy atom. The molecule has 0 atom stereocenters. The number of hydrogen-bond acceptors (Lipinski definition) is 2. The molecule has 0 unspecified atom stereocenters. The van der Waals surface area contributed by atoms with E-state index in [9.17, 15) is 0 Å². The lowest BCUT2D eigenvalue weighted by Gasteiger charge is -2.07. The van der Waals surface area contributed by atoms with Crippen LogP contribution in [-0.4, -0.2) is 0 Å². The third-order valence-electron chi connectivity index (χ3n) is 2.16. The maximum absolute atomic E-state index is 5.24. The average molecular weight is 266 g/mol. The monoisotopic (exact) mass is 265 g/mol. The quantitative estimate of drug-likeness (QED) is 0.909. The number of aryl methyl sites for hydroxylation is 1. The minimum Gasteiger partial charge on any atom is -0.467 e. The van der Waals surface area contributed by atoms with Crippen LogP contribution in [0.15, 0.2) is 45.5 Å². The second-order valence-electron chi connectivity index (χ2n) is 3.42. The molecule has 1 heterocycles. The molecule has 0 spiro atoms. The van der Waals surface area contributed by atoms with Crippen LogP contribution in [0.4, 0.5) is 5.69 Å². The number of nitrogens with one attached hydrogen (secondary N) is 1. The Bertz CT molecular complexity index is 437. The van der Waals surface area contributed by atoms with Gasteiger partial charge in [-0.15, -0.1) is 0 Å². The molecule has 0 saturated carbocycles. The highest BCUT2D eigenvalue weighted by Gasteiger charge is 2.00. The van der Waals surface area contributed by atoms with Gasteiger partial charge in [-0.1, -0.05) is 6.07 Å². The summed E-state index contributed by atoms with van der Waals surface area (Å²) in [4.78, 5) is 0. The number of benzene rings is 1. The highest BCUT2D eigenvalue weighted by Crippen LogP contribution is 2.23. The van der Waals surface area contributed by atoms with Gasteiger partial charge in [-0.05, 0) is 52.7 Å². The van der Waals surface area contributed by atoms with E-state index in [0.29, 0.717) is 6.54 Å². The summed E-state index contributed by atoms with van der Waals surface area (Å²) in [5, 5.41) is 3.30. The molecule has 0 bridgehead atoms. The molecule has 2 nitrogen and oxygen atoms in total. The molecule has 78 valence electrons. The van der Waals surface area contributed by atoms with Crippen molar-refractivity contribution in [1.29, 1.82) is 0 Å². The van der Waals surface area contributed by atoms with Crippen LogP contribution >= 0.6 is 15.9 Å². The summed E-state index contributed by atoms with van der Waals surface area (Å²) < 4.78 is 6.32. The van der Waals surface area contributed by atoms with Crippen molar-refractivity contribution in [3.8, 4) is 0 Å². The van der Waals surface area contributed by atoms with Crippen molar-refractivity contribution >= 4 is 21.6 Å². The zero-order valence-corrected chi connectivity index (χ0v) is 10.0. The lowest BCUT2D eigenvalue weighted by molar-refractivity contribution is 0.518. The van der Waals surface area contributed by atoms with Gasteiger partial charge in [-0.25, -0.2) is 0 Å². The molecule has 0 aliphatic heterocycles. The topological polar surface area (TPSA) is 25.2 Å². The Morgan fingerprint density at radius 2 is 2.20 bits per heavy atom. The van der Waals surface area contributed by atoms with Crippen LogP contribution in [0.5, 0.6) is 0 Å². The fraction of sp³-hybridized carbons (Fsp3) is 0.167. The lowest BCUT2D eigenvalue weighted by atomic mass is 10.2. The van der Waals surface area contributed by atoms with E-state index >= 15 is 0 Å². The molecule has 0 radical (unpaired) electrons. The van der Waals surface area contributed by atoms with Crippen LogP contribution in [0, 0.1) is 6.92 Å². The number of anilines is 1. The van der Waals surface area contributed by atoms with Gasteiger partial charge in [0.05, 0.1) is 12.8 Å². The minimum atomic E-state index is 0.703. The van der Waals surface area contributed by atoms with Crippen LogP contribution in [0.2, 0.25) is 0 Å². The number of rotatable bonds is 3. The second kappa shape index (κ2) is 4.53. The highest BCUT2D eigenvalue weighted by molar-refractivity contribution is 9.10. The Hall–Kier alpha value is -1.22. The van der Waals surface area contributed by atoms with Crippen molar-refractivity contribution < 1.29 is 4.42 Å². The van der Waals surface area contributed by atoms with Gasteiger partial charge in [0, 0.05) is 10.2 Å². The Labute approximate surface area is 97.4 Å². The van der Waals surface area contributed by atoms with E-state index in [2.05, 4.69) is 46.4 Å². The first-order valence-corrected chi connectivity index (χ1v) is 5.57. The van der Waals surface area contributed by atoms with E-state index in [1.54, 1.807) is 6.26 Å². The van der Waals surface area contributed by atoms with Gasteiger partial charge in [0.25, 0.3) is 0 Å². The summed E-state index contributed by atoms with van der Waals surface area (Å²) in [5.41, 5.74) is 2.32. The van der Waals surface area contributed by atoms with E-state index in [-0.39, 0.29) is 0 Å². The minimum absolute atomic E-state index is 0.703. The van der Waals surface area contributed by atoms with Gasteiger partial charge in [-0.2, -0.15) is 0 Å². The first-order chi connectivity index (χ1) is 7.25. The van der Waals surface area contributed by atoms with E-state index in [1.807, 2.05) is 12.1 Å². The van der Waals surface area contributed by atoms with Gasteiger partial charge in [-0.3, -0.25) is 0 Å². The molecule has 15 heavy (non-hydrogen) atoms. The van der Waals surface area contributed by atoms with Crippen LogP contribution in [0.25, 0.3) is 0 Å². The Kier molecular flexibility index (Phi) is 3.11. The summed E-state index contributed by atoms with van der Waals surface area (Å²) in [6.45, 7) is 2.77. The number of furan rings is 1. The predicted octanol–water partition coefficient (Wildman–Crippen LogP) is 3.96. The maximum Gasteiger partial charge on any atom is 0.122 e. The van der Waals surface area contributed by atoms with E-state index in [1.165, 1.54) is 5.56 Å². The molecule has 0 aliphatic carbocycles. The van der Waals surface area contributed by atoms with Crippen LogP contribution in [0.3, 0.4) is 0 Å². The highest BCUT2D eigenvalue weighted by atomic mass is 79.9. The fourth-order valence-electron chi connectivity index (χ4n) is 1.36. The number of hydrogen-bond donors (Lipinski definition) is 1. The fourth-order valence-corrected chi connectivity index (χ4v) is 1.99. The Balaban J connectivity index is 2.05. The summed E-state index contributed by atoms with van der Waals surface area (Å²) in [6.07, 6.45) is 1.68. The van der Waals surface area contributed by atoms with Gasteiger partial charge in [0.1, 0.15) is 5.76 Å². The van der Waals surface area contributed by atoms with Crippen molar-refractivity contribution in [2.45, 2.75) is 13.5 Å². The number of halogens is 1. The van der Waals surface area contributed by atoms with Gasteiger partial charge < -0.3 is 9.73 Å². The molecular weight excluding hydrogens is 254 g/mol. The zero-order valence-electron chi connectivity index (χ0n) is 8.46. The molecule has 2 aromatic rings. The van der Waals surface area contributed by atoms with Crippen LogP contribution in [-0.2, 0) is 6.54 Å². The van der Waals surface area contributed by atoms with Gasteiger partial charge >= 0.3 is 0 Å². The molecule has 1 aromatic carbocycles. The molecule has 1 N–H and O–H groups in total. The molecule has 0 amide bonds. The largest absolute Gasteiger partial charge is 0.467 e. The van der Waals surface area contributed by atoms with Crippen molar-refractivity contribution in [2.24, 2.45) is 0 Å². The van der Waals surface area contributed by atoms with Crippen molar-refractivity contribution in [3.63, 3.8) is 0 Å². The molecular formula is C12H12BrNO. The van der Waals surface area contributed by atoms with Crippen molar-refractivity contribution in [2.75, 3.05) is 5.32 Å². The predicted molar refractivity (Wildman–Crippen MR) is 64.9 cm³/mol. The van der Waals surface area contributed by atoms with E-state index in [0.717, 1.165) is 15.9 Å². The van der Waals surface area contributed by atoms with Crippen LogP contribution < -0.4 is 5.32 Å². The summed E-state index contributed by atoms with van der Waals surface area (Å²) in [5.74, 6) is 0.933. The molecule has 1 aromatic heterocycles. The van der Waals surface area contributed by atoms with E-state index < -0.39 is 0 Å². The SMILES string of the molecule is Cc1ccc(NCc2ccco2)c(Br)c1. The molecule has 2 rings (SSSR count). The zero-order chi connectivity index (χ0) is 10.7. The van der Waals surface area contributed by atoms with E-state index in [4.69, 9.17) is 4.42 Å². The Morgan fingerprint density at radius 1 is 1.33 bits per heavy atom. The normalized spacial score (nSPS) is 10.3. The molecule has 3 heteroatoms. The standard InChI is InChI=1S/C12H12BrNO/c1-9-4-5-12(11(13)7-9)14-8-10-3-2-6-15-10/h2-7,14H,8H2,1H3. The van der Waals surface area contributed by atoms with Crippen LogP contribution in [0.1, 0.15) is 11.3 Å². The average Bonchev–Trinajstić information content (AvgIpc) is 2.69. The maximum atomic E-state index is 5.24. The summed E-state index contributed by atoms with van der Waals surface area (Å²) in [7, 11) is 0. The first kappa shape index (κ1) is 10.3. The summed E-state index contributed by atoms with van der Waals surface area (Å²) >= 11 is 3.52. The first-order valence-electron chi connectivity index (χ1n) is 4.78. The lowest BCUT2D eigenvalue weighted by Crippen LogP contribution is -1.98. The molecule has 0 aliphatic rings. The third-order valence-corrected chi connectivity index (χ3v) is 2.81. The van der Waals surface area contributed by atoms with Crippen molar-refractivity contribution in [1.82, 2.24) is 0 Å².